The predicted octanol–water partition coefficient (Wildman–Crippen LogP) is 4.85. The second-order valence-electron chi connectivity index (χ2n) is 0.0639. The molecule has 0 aromatic rings. The van der Waals surface area contributed by atoms with Crippen LogP contribution in [0.15, 0.2) is 0 Å². The molecule has 0 saturated heterocycles. The molecule has 0 aromatic carbocycles. The zero-order valence-corrected chi connectivity index (χ0v) is 12.9. The summed E-state index contributed by atoms with van der Waals surface area (Å²) in [7, 11) is 0.628. The van der Waals surface area contributed by atoms with Crippen LogP contribution >= 0.6 is 40.0 Å². The van der Waals surface area contributed by atoms with Gasteiger partial charge in [-0.1, -0.05) is 41.5 Å². The number of hydrogen-bond donors (Lipinski definition) is 0. The van der Waals surface area contributed by atoms with Crippen LogP contribution in [0.2, 0.25) is 0 Å². The van der Waals surface area contributed by atoms with Crippen molar-refractivity contribution < 1.29 is 9.47 Å². The summed E-state index contributed by atoms with van der Waals surface area (Å²) >= 11 is 4.74. The fraction of sp³-hybridized carbons (Fsp3) is 1.00. The Kier molecular flexibility index (Phi) is 221. The maximum atomic E-state index is 2.37. The van der Waals surface area contributed by atoms with Gasteiger partial charge >= 0.3 is 49.4 Å². The standard InChI is InChI=1S/3C2H6.2HI.V/c3*1-2;;;/h3*1-2H3;2*1H;/q;;;;;+2/p-2. The summed E-state index contributed by atoms with van der Waals surface area (Å²) in [6.45, 7) is 12.0. The summed E-state index contributed by atoms with van der Waals surface area (Å²) in [6, 6.07) is 0. The van der Waals surface area contributed by atoms with Gasteiger partial charge in [0, 0.05) is 0 Å². The Hall–Kier alpha value is 2.04. The first-order chi connectivity index (χ1) is 4.41. The second-order valence-corrected chi connectivity index (χ2v) is 11.9. The van der Waals surface area contributed by atoms with Crippen molar-refractivity contribution in [3.8, 4) is 0 Å². The molecule has 0 fully saturated rings. The van der Waals surface area contributed by atoms with Crippen LogP contribution in [0, 0.1) is 0 Å². The van der Waals surface area contributed by atoms with E-state index in [1.807, 2.05) is 41.5 Å². The Balaban J connectivity index is -0.0000000190. The third kappa shape index (κ3) is 156. The van der Waals surface area contributed by atoms with Gasteiger partial charge in [0.2, 0.25) is 0 Å². The van der Waals surface area contributed by atoms with Gasteiger partial charge in [0.1, 0.15) is 0 Å². The van der Waals surface area contributed by atoms with Gasteiger partial charge in [-0.25, -0.2) is 0 Å². The topological polar surface area (TPSA) is 0 Å². The van der Waals surface area contributed by atoms with Gasteiger partial charge in [-0.05, 0) is 0 Å². The van der Waals surface area contributed by atoms with Crippen LogP contribution in [0.4, 0.5) is 0 Å². The van der Waals surface area contributed by atoms with Gasteiger partial charge in [0.05, 0.1) is 0 Å². The average Bonchev–Trinajstić information content (AvgIpc) is 2.01. The van der Waals surface area contributed by atoms with Crippen LogP contribution in [0.25, 0.3) is 0 Å². The molecule has 0 radical (unpaired) electrons. The van der Waals surface area contributed by atoms with Crippen molar-refractivity contribution in [2.75, 3.05) is 0 Å². The quantitative estimate of drug-likeness (QED) is 0.515. The van der Waals surface area contributed by atoms with Gasteiger partial charge < -0.3 is 0 Å². The fourth-order valence-electron chi connectivity index (χ4n) is 0. The van der Waals surface area contributed by atoms with Crippen LogP contribution in [0.3, 0.4) is 0 Å². The molecular weight excluding hydrogens is 377 g/mol. The van der Waals surface area contributed by atoms with Crippen molar-refractivity contribution in [1.82, 2.24) is 0 Å². The fourth-order valence-corrected chi connectivity index (χ4v) is 0. The normalized spacial score (nSPS) is 3.56. The Labute approximate surface area is 89.8 Å². The first-order valence-electron chi connectivity index (χ1n) is 3.34. The number of rotatable bonds is 0. The molecular formula is C6H18I2V. The molecule has 61 valence electrons. The van der Waals surface area contributed by atoms with Gasteiger partial charge in [-0.2, -0.15) is 0 Å². The molecule has 0 heterocycles. The molecule has 0 saturated carbocycles. The van der Waals surface area contributed by atoms with Crippen molar-refractivity contribution in [2.45, 2.75) is 41.5 Å². The van der Waals surface area contributed by atoms with E-state index in [2.05, 4.69) is 40.0 Å². The molecule has 0 N–H and O–H groups in total. The Bertz CT molecular complexity index is 11.0. The van der Waals surface area contributed by atoms with Crippen LogP contribution < -0.4 is 0 Å². The van der Waals surface area contributed by atoms with E-state index in [-0.39, 0.29) is 0 Å². The molecule has 0 atom stereocenters. The van der Waals surface area contributed by atoms with E-state index in [9.17, 15) is 0 Å². The van der Waals surface area contributed by atoms with Crippen molar-refractivity contribution in [3.63, 3.8) is 0 Å². The summed E-state index contributed by atoms with van der Waals surface area (Å²) in [6.07, 6.45) is 0. The van der Waals surface area contributed by atoms with E-state index in [4.69, 9.17) is 0 Å². The molecule has 0 aliphatic heterocycles. The zero-order chi connectivity index (χ0) is 8.71. The molecule has 0 aliphatic rings. The van der Waals surface area contributed by atoms with Crippen LogP contribution in [-0.4, -0.2) is 0 Å². The molecule has 0 bridgehead atoms. The van der Waals surface area contributed by atoms with E-state index >= 15 is 0 Å². The van der Waals surface area contributed by atoms with Crippen LogP contribution in [0.1, 0.15) is 41.5 Å². The van der Waals surface area contributed by atoms with Crippen LogP contribution in [-0.2, 0) is 9.47 Å². The third-order valence-electron chi connectivity index (χ3n) is 0. The van der Waals surface area contributed by atoms with Crippen LogP contribution in [0.5, 0.6) is 0 Å². The van der Waals surface area contributed by atoms with E-state index in [1.165, 1.54) is 0 Å². The molecule has 0 amide bonds. The van der Waals surface area contributed by atoms with Crippen molar-refractivity contribution in [3.05, 3.63) is 0 Å². The van der Waals surface area contributed by atoms with E-state index in [0.717, 1.165) is 0 Å². The van der Waals surface area contributed by atoms with Crippen molar-refractivity contribution in [1.29, 1.82) is 0 Å². The van der Waals surface area contributed by atoms with E-state index in [0.29, 0.717) is 9.47 Å². The molecule has 0 rings (SSSR count). The predicted molar refractivity (Wildman–Crippen MR) is 62.1 cm³/mol. The zero-order valence-electron chi connectivity index (χ0n) is 7.20. The third-order valence-corrected chi connectivity index (χ3v) is 0. The molecule has 9 heavy (non-hydrogen) atoms. The molecule has 3 heteroatoms. The minimum atomic E-state index is 0.628. The van der Waals surface area contributed by atoms with E-state index < -0.39 is 0 Å². The first-order valence-corrected chi connectivity index (χ1v) is 12.4. The van der Waals surface area contributed by atoms with Crippen molar-refractivity contribution in [2.24, 2.45) is 0 Å². The summed E-state index contributed by atoms with van der Waals surface area (Å²) < 4.78 is 0. The van der Waals surface area contributed by atoms with Gasteiger partial charge in [-0.15, -0.1) is 0 Å². The summed E-state index contributed by atoms with van der Waals surface area (Å²) in [5.74, 6) is 0. The maximum absolute atomic E-state index is 2.37. The Morgan fingerprint density at radius 3 is 0.667 bits per heavy atom. The Morgan fingerprint density at radius 1 is 0.667 bits per heavy atom. The van der Waals surface area contributed by atoms with Crippen molar-refractivity contribution >= 4 is 40.0 Å². The van der Waals surface area contributed by atoms with Gasteiger partial charge in [0.15, 0.2) is 0 Å². The second kappa shape index (κ2) is 88.6. The molecule has 0 aromatic heterocycles. The Morgan fingerprint density at radius 2 is 0.667 bits per heavy atom. The average molecular weight is 395 g/mol. The SMILES string of the molecule is CC.CC.CC.[I][V][I]. The molecule has 0 nitrogen and oxygen atoms in total. The molecule has 0 unspecified atom stereocenters. The van der Waals surface area contributed by atoms with Gasteiger partial charge in [-0.3, -0.25) is 0 Å². The molecule has 0 aliphatic carbocycles. The minimum absolute atomic E-state index is 0.628. The number of halogens is 2. The summed E-state index contributed by atoms with van der Waals surface area (Å²) in [5, 5.41) is 0. The summed E-state index contributed by atoms with van der Waals surface area (Å²) in [5.41, 5.74) is 0. The van der Waals surface area contributed by atoms with E-state index in [1.54, 1.807) is 0 Å². The summed E-state index contributed by atoms with van der Waals surface area (Å²) in [4.78, 5) is 0. The van der Waals surface area contributed by atoms with Gasteiger partial charge in [0.25, 0.3) is 0 Å². The molecule has 0 spiro atoms. The first kappa shape index (κ1) is 22.5. The number of hydrogen-bond acceptors (Lipinski definition) is 0. The monoisotopic (exact) mass is 395 g/mol.